The van der Waals surface area contributed by atoms with Crippen molar-refractivity contribution in [2.75, 3.05) is 6.54 Å². The fourth-order valence-corrected chi connectivity index (χ4v) is 1.94. The molecule has 0 spiro atoms. The summed E-state index contributed by atoms with van der Waals surface area (Å²) < 4.78 is 0. The monoisotopic (exact) mass is 176 g/mol. The first-order valence-electron chi connectivity index (χ1n) is 3.81. The lowest BCUT2D eigenvalue weighted by Crippen LogP contribution is -2.47. The van der Waals surface area contributed by atoms with Gasteiger partial charge in [-0.15, -0.1) is 12.4 Å². The van der Waals surface area contributed by atoms with E-state index >= 15 is 0 Å². The number of fused-ring (bicyclic) bond motifs is 1. The van der Waals surface area contributed by atoms with Crippen LogP contribution in [0.25, 0.3) is 0 Å². The highest BCUT2D eigenvalue weighted by Crippen LogP contribution is 2.48. The molecule has 1 saturated heterocycles. The van der Waals surface area contributed by atoms with Gasteiger partial charge in [-0.1, -0.05) is 0 Å². The van der Waals surface area contributed by atoms with Crippen LogP contribution in [0.5, 0.6) is 0 Å². The molecule has 64 valence electrons. The van der Waals surface area contributed by atoms with Gasteiger partial charge < -0.3 is 11.1 Å². The van der Waals surface area contributed by atoms with Gasteiger partial charge in [0.2, 0.25) is 5.91 Å². The van der Waals surface area contributed by atoms with Crippen molar-refractivity contribution in [3.8, 4) is 0 Å². The first-order chi connectivity index (χ1) is 4.76. The Balaban J connectivity index is 0.000000605. The molecule has 0 aromatic carbocycles. The summed E-state index contributed by atoms with van der Waals surface area (Å²) in [4.78, 5) is 10.9. The van der Waals surface area contributed by atoms with Gasteiger partial charge in [0.1, 0.15) is 5.54 Å². The summed E-state index contributed by atoms with van der Waals surface area (Å²) in [6, 6.07) is 0. The number of hydrogen-bond donors (Lipinski definition) is 2. The molecule has 0 unspecified atom stereocenters. The molecule has 2 aliphatic rings. The zero-order valence-corrected chi connectivity index (χ0v) is 7.12. The van der Waals surface area contributed by atoms with Crippen LogP contribution in [-0.2, 0) is 4.79 Å². The van der Waals surface area contributed by atoms with Gasteiger partial charge in [0.05, 0.1) is 0 Å². The van der Waals surface area contributed by atoms with Crippen LogP contribution in [0.4, 0.5) is 0 Å². The molecule has 2 fully saturated rings. The second kappa shape index (κ2) is 2.64. The summed E-state index contributed by atoms with van der Waals surface area (Å²) in [5.41, 5.74) is 4.98. The molecule has 0 aromatic heterocycles. The van der Waals surface area contributed by atoms with Gasteiger partial charge in [0.15, 0.2) is 0 Å². The number of carbonyl (C=O) groups excluding carboxylic acids is 1. The standard InChI is InChI=1S/C7H12N2O.ClH/c8-6(10)7-4-5(7)2-1-3-9-7;/h5,9H,1-4H2,(H2,8,10);1H/t5-,7+;/m1./s1. The molecule has 0 bridgehead atoms. The van der Waals surface area contributed by atoms with Crippen molar-refractivity contribution in [2.45, 2.75) is 24.8 Å². The lowest BCUT2D eigenvalue weighted by atomic mass is 10.1. The van der Waals surface area contributed by atoms with E-state index in [2.05, 4.69) is 5.32 Å². The highest BCUT2D eigenvalue weighted by molar-refractivity contribution is 5.88. The third-order valence-electron chi connectivity index (χ3n) is 2.71. The van der Waals surface area contributed by atoms with Crippen LogP contribution < -0.4 is 11.1 Å². The van der Waals surface area contributed by atoms with Crippen LogP contribution in [0.2, 0.25) is 0 Å². The first kappa shape index (κ1) is 8.81. The Labute approximate surface area is 72.1 Å². The summed E-state index contributed by atoms with van der Waals surface area (Å²) in [7, 11) is 0. The fourth-order valence-electron chi connectivity index (χ4n) is 1.94. The highest BCUT2D eigenvalue weighted by Gasteiger charge is 2.59. The van der Waals surface area contributed by atoms with Crippen molar-refractivity contribution < 1.29 is 4.79 Å². The van der Waals surface area contributed by atoms with Crippen molar-refractivity contribution in [2.24, 2.45) is 11.7 Å². The molecular weight excluding hydrogens is 164 g/mol. The molecule has 1 heterocycles. The molecule has 1 amide bonds. The summed E-state index contributed by atoms with van der Waals surface area (Å²) in [6.45, 7) is 0.958. The Morgan fingerprint density at radius 2 is 2.36 bits per heavy atom. The zero-order valence-electron chi connectivity index (χ0n) is 6.30. The molecule has 3 nitrogen and oxygen atoms in total. The lowest BCUT2D eigenvalue weighted by molar-refractivity contribution is -0.121. The molecule has 11 heavy (non-hydrogen) atoms. The molecule has 0 aromatic rings. The average Bonchev–Trinajstić information content (AvgIpc) is 2.61. The molecule has 1 saturated carbocycles. The van der Waals surface area contributed by atoms with Crippen molar-refractivity contribution in [3.63, 3.8) is 0 Å². The van der Waals surface area contributed by atoms with Gasteiger partial charge in [-0.05, 0) is 31.7 Å². The molecule has 0 radical (unpaired) electrons. The van der Waals surface area contributed by atoms with Crippen molar-refractivity contribution in [1.29, 1.82) is 0 Å². The molecule has 1 aliphatic carbocycles. The number of piperidine rings is 1. The van der Waals surface area contributed by atoms with E-state index in [4.69, 9.17) is 5.73 Å². The largest absolute Gasteiger partial charge is 0.368 e. The van der Waals surface area contributed by atoms with Gasteiger partial charge in [-0.25, -0.2) is 0 Å². The van der Waals surface area contributed by atoms with Crippen molar-refractivity contribution in [1.82, 2.24) is 5.32 Å². The second-order valence-electron chi connectivity index (χ2n) is 3.31. The van der Waals surface area contributed by atoms with Crippen LogP contribution in [0.3, 0.4) is 0 Å². The highest BCUT2D eigenvalue weighted by atomic mass is 35.5. The lowest BCUT2D eigenvalue weighted by Gasteiger charge is -2.19. The minimum Gasteiger partial charge on any atom is -0.368 e. The van der Waals surface area contributed by atoms with Crippen LogP contribution >= 0.6 is 12.4 Å². The summed E-state index contributed by atoms with van der Waals surface area (Å²) in [6.07, 6.45) is 3.35. The van der Waals surface area contributed by atoms with E-state index in [1.165, 1.54) is 12.8 Å². The normalized spacial score (nSPS) is 40.2. The number of nitrogens with one attached hydrogen (secondary N) is 1. The van der Waals surface area contributed by atoms with Crippen molar-refractivity contribution >= 4 is 18.3 Å². The maximum atomic E-state index is 10.9. The first-order valence-corrected chi connectivity index (χ1v) is 3.81. The van der Waals surface area contributed by atoms with Gasteiger partial charge in [-0.3, -0.25) is 4.79 Å². The molecule has 3 N–H and O–H groups in total. The van der Waals surface area contributed by atoms with E-state index in [0.29, 0.717) is 5.92 Å². The average molecular weight is 177 g/mol. The smallest absolute Gasteiger partial charge is 0.238 e. The van der Waals surface area contributed by atoms with E-state index in [1.54, 1.807) is 0 Å². The molecule has 4 heteroatoms. The number of halogens is 1. The van der Waals surface area contributed by atoms with Crippen LogP contribution in [0, 0.1) is 5.92 Å². The molecular formula is C7H13ClN2O. The van der Waals surface area contributed by atoms with Gasteiger partial charge in [0, 0.05) is 0 Å². The zero-order chi connectivity index (χ0) is 7.19. The number of hydrogen-bond acceptors (Lipinski definition) is 2. The predicted octanol–water partition coefficient (Wildman–Crippen LogP) is 0.0356. The molecule has 2 rings (SSSR count). The van der Waals surface area contributed by atoms with E-state index in [0.717, 1.165) is 13.0 Å². The van der Waals surface area contributed by atoms with E-state index in [-0.39, 0.29) is 23.9 Å². The number of nitrogens with two attached hydrogens (primary N) is 1. The molecule has 1 aliphatic heterocycles. The van der Waals surface area contributed by atoms with Gasteiger partial charge >= 0.3 is 0 Å². The van der Waals surface area contributed by atoms with Crippen LogP contribution in [0.15, 0.2) is 0 Å². The minimum atomic E-state index is -0.266. The number of carbonyl (C=O) groups is 1. The predicted molar refractivity (Wildman–Crippen MR) is 44.5 cm³/mol. The van der Waals surface area contributed by atoms with Gasteiger partial charge in [0.25, 0.3) is 0 Å². The Kier molecular flexibility index (Phi) is 2.12. The summed E-state index contributed by atoms with van der Waals surface area (Å²) >= 11 is 0. The van der Waals surface area contributed by atoms with Crippen molar-refractivity contribution in [3.05, 3.63) is 0 Å². The Bertz CT molecular complexity index is 185. The summed E-state index contributed by atoms with van der Waals surface area (Å²) in [5, 5.41) is 3.19. The maximum Gasteiger partial charge on any atom is 0.238 e. The number of primary amides is 1. The van der Waals surface area contributed by atoms with Gasteiger partial charge in [-0.2, -0.15) is 0 Å². The topological polar surface area (TPSA) is 55.1 Å². The van der Waals surface area contributed by atoms with E-state index in [1.807, 2.05) is 0 Å². The minimum absolute atomic E-state index is 0. The molecule has 2 atom stereocenters. The van der Waals surface area contributed by atoms with Crippen LogP contribution in [0.1, 0.15) is 19.3 Å². The third kappa shape index (κ3) is 1.12. The SMILES string of the molecule is Cl.NC(=O)[C@]12C[C@H]1CCCN2. The fraction of sp³-hybridized carbons (Fsp3) is 0.857. The Hall–Kier alpha value is -0.280. The van der Waals surface area contributed by atoms with Crippen LogP contribution in [-0.4, -0.2) is 18.0 Å². The maximum absolute atomic E-state index is 10.9. The van der Waals surface area contributed by atoms with E-state index < -0.39 is 0 Å². The number of amides is 1. The van der Waals surface area contributed by atoms with E-state index in [9.17, 15) is 4.79 Å². The number of rotatable bonds is 1. The Morgan fingerprint density at radius 1 is 1.64 bits per heavy atom. The quantitative estimate of drug-likeness (QED) is 0.593. The Morgan fingerprint density at radius 3 is 2.82 bits per heavy atom. The summed E-state index contributed by atoms with van der Waals surface area (Å²) in [5.74, 6) is 0.399. The third-order valence-corrected chi connectivity index (χ3v) is 2.71. The second-order valence-corrected chi connectivity index (χ2v) is 3.31.